The lowest BCUT2D eigenvalue weighted by molar-refractivity contribution is 1.19. The van der Waals surface area contributed by atoms with E-state index in [-0.39, 0.29) is 0 Å². The molecule has 43 heavy (non-hydrogen) atoms. The van der Waals surface area contributed by atoms with Crippen molar-refractivity contribution < 1.29 is 0 Å². The van der Waals surface area contributed by atoms with Crippen molar-refractivity contribution in [3.8, 4) is 17.4 Å². The van der Waals surface area contributed by atoms with E-state index in [1.165, 1.54) is 15.5 Å². The van der Waals surface area contributed by atoms with Gasteiger partial charge >= 0.3 is 0 Å². The fraction of sp³-hybridized carbons (Fsp3) is 0. The van der Waals surface area contributed by atoms with Crippen molar-refractivity contribution in [1.82, 2.24) is 9.13 Å². The molecular formula is C38H20N4S. The minimum absolute atomic E-state index is 0.635. The van der Waals surface area contributed by atoms with E-state index in [0.717, 1.165) is 59.7 Å². The lowest BCUT2D eigenvalue weighted by atomic mass is 10.1. The van der Waals surface area contributed by atoms with Crippen molar-refractivity contribution in [2.24, 2.45) is 0 Å². The quantitative estimate of drug-likeness (QED) is 0.192. The summed E-state index contributed by atoms with van der Waals surface area (Å²) in [5, 5.41) is 17.0. The number of fused-ring (bicyclic) bond motifs is 9. The second kappa shape index (κ2) is 8.81. The summed E-state index contributed by atoms with van der Waals surface area (Å²) in [6, 6.07) is 44.4. The first-order chi connectivity index (χ1) is 21.2. The van der Waals surface area contributed by atoms with Gasteiger partial charge in [-0.05, 0) is 66.0 Å². The Morgan fingerprint density at radius 1 is 0.581 bits per heavy atom. The summed E-state index contributed by atoms with van der Waals surface area (Å²) in [5.41, 5.74) is 7.77. The maximum absolute atomic E-state index is 10.2. The SMILES string of the molecule is [C-]#[N+]c1ccc2c(c1)c1ccccc1n2-c1ccc2sc3c(-n4c5ccccc5c5ccccc54)cc(C#N)cc3c2c1. The van der Waals surface area contributed by atoms with Crippen LogP contribution in [0.15, 0.2) is 121 Å². The number of benzene rings is 6. The summed E-state index contributed by atoms with van der Waals surface area (Å²) in [6.07, 6.45) is 0. The van der Waals surface area contributed by atoms with E-state index in [1.807, 2.05) is 36.4 Å². The van der Waals surface area contributed by atoms with Crippen LogP contribution in [0.5, 0.6) is 0 Å². The molecule has 198 valence electrons. The second-order valence-electron chi connectivity index (χ2n) is 10.8. The van der Waals surface area contributed by atoms with Gasteiger partial charge in [0.15, 0.2) is 5.69 Å². The van der Waals surface area contributed by atoms with Crippen molar-refractivity contribution in [3.63, 3.8) is 0 Å². The molecule has 0 unspecified atom stereocenters. The zero-order chi connectivity index (χ0) is 28.7. The average Bonchev–Trinajstić information content (AvgIpc) is 3.71. The number of hydrogen-bond donors (Lipinski definition) is 0. The summed E-state index contributed by atoms with van der Waals surface area (Å²) >= 11 is 1.77. The fourth-order valence-corrected chi connectivity index (χ4v) is 7.88. The van der Waals surface area contributed by atoms with Crippen molar-refractivity contribution in [2.75, 3.05) is 0 Å². The molecule has 0 N–H and O–H groups in total. The average molecular weight is 565 g/mol. The van der Waals surface area contributed by atoms with E-state index in [1.54, 1.807) is 11.3 Å². The highest BCUT2D eigenvalue weighted by molar-refractivity contribution is 7.26. The van der Waals surface area contributed by atoms with Crippen molar-refractivity contribution >= 4 is 80.8 Å². The van der Waals surface area contributed by atoms with E-state index < -0.39 is 0 Å². The number of nitriles is 1. The normalized spacial score (nSPS) is 11.7. The number of para-hydroxylation sites is 3. The van der Waals surface area contributed by atoms with Gasteiger partial charge in [-0.3, -0.25) is 0 Å². The molecule has 0 aliphatic heterocycles. The van der Waals surface area contributed by atoms with Crippen LogP contribution in [0.1, 0.15) is 5.56 Å². The van der Waals surface area contributed by atoms with E-state index in [0.29, 0.717) is 11.3 Å². The molecule has 0 atom stereocenters. The van der Waals surface area contributed by atoms with Gasteiger partial charge in [-0.2, -0.15) is 5.26 Å². The monoisotopic (exact) mass is 564 g/mol. The molecule has 0 amide bonds. The lowest BCUT2D eigenvalue weighted by Crippen LogP contribution is -1.95. The van der Waals surface area contributed by atoms with Crippen LogP contribution in [0, 0.1) is 17.9 Å². The van der Waals surface area contributed by atoms with Gasteiger partial charge in [-0.15, -0.1) is 11.3 Å². The summed E-state index contributed by atoms with van der Waals surface area (Å²) in [7, 11) is 0. The molecule has 3 aromatic heterocycles. The fourth-order valence-electron chi connectivity index (χ4n) is 6.71. The Morgan fingerprint density at radius 2 is 1.21 bits per heavy atom. The highest BCUT2D eigenvalue weighted by Crippen LogP contribution is 2.43. The third-order valence-electron chi connectivity index (χ3n) is 8.53. The number of thiophene rings is 1. The Kier molecular flexibility index (Phi) is 4.87. The van der Waals surface area contributed by atoms with Gasteiger partial charge in [0.25, 0.3) is 0 Å². The largest absolute Gasteiger partial charge is 0.309 e. The van der Waals surface area contributed by atoms with Gasteiger partial charge in [0.05, 0.1) is 50.7 Å². The molecule has 0 saturated heterocycles. The minimum Gasteiger partial charge on any atom is -0.309 e. The molecule has 0 fully saturated rings. The van der Waals surface area contributed by atoms with Crippen LogP contribution in [0.25, 0.3) is 80.0 Å². The number of aromatic nitrogens is 2. The molecule has 0 radical (unpaired) electrons. The van der Waals surface area contributed by atoms with Crippen molar-refractivity contribution in [3.05, 3.63) is 138 Å². The first-order valence-corrected chi connectivity index (χ1v) is 14.9. The topological polar surface area (TPSA) is 38.0 Å². The highest BCUT2D eigenvalue weighted by Gasteiger charge is 2.19. The summed E-state index contributed by atoms with van der Waals surface area (Å²) in [5.74, 6) is 0. The van der Waals surface area contributed by atoms with Crippen LogP contribution in [-0.4, -0.2) is 9.13 Å². The Bertz CT molecular complexity index is 2650. The first-order valence-electron chi connectivity index (χ1n) is 14.0. The van der Waals surface area contributed by atoms with Crippen LogP contribution < -0.4 is 0 Å². The van der Waals surface area contributed by atoms with E-state index in [2.05, 4.69) is 105 Å². The maximum Gasteiger partial charge on any atom is 0.188 e. The number of rotatable bonds is 2. The Labute approximate surface area is 250 Å². The molecule has 3 heterocycles. The lowest BCUT2D eigenvalue weighted by Gasteiger charge is -2.10. The molecule has 5 heteroatoms. The van der Waals surface area contributed by atoms with Crippen LogP contribution in [0.2, 0.25) is 0 Å². The van der Waals surface area contributed by atoms with Crippen LogP contribution in [-0.2, 0) is 0 Å². The Balaban J connectivity index is 1.36. The zero-order valence-corrected chi connectivity index (χ0v) is 23.6. The van der Waals surface area contributed by atoms with Crippen LogP contribution in [0.4, 0.5) is 5.69 Å². The third kappa shape index (κ3) is 3.29. The van der Waals surface area contributed by atoms with Crippen LogP contribution in [0.3, 0.4) is 0 Å². The highest BCUT2D eigenvalue weighted by atomic mass is 32.1. The second-order valence-corrected chi connectivity index (χ2v) is 11.9. The Morgan fingerprint density at radius 3 is 1.88 bits per heavy atom. The molecule has 0 aliphatic carbocycles. The van der Waals surface area contributed by atoms with Gasteiger partial charge < -0.3 is 9.13 Å². The van der Waals surface area contributed by atoms with Gasteiger partial charge in [0.2, 0.25) is 0 Å². The molecular weight excluding hydrogens is 545 g/mol. The van der Waals surface area contributed by atoms with E-state index in [4.69, 9.17) is 6.57 Å². The smallest absolute Gasteiger partial charge is 0.188 e. The van der Waals surface area contributed by atoms with Gasteiger partial charge in [-0.1, -0.05) is 60.7 Å². The molecule has 0 saturated carbocycles. The molecule has 9 aromatic rings. The summed E-state index contributed by atoms with van der Waals surface area (Å²) in [4.78, 5) is 3.67. The minimum atomic E-state index is 0.635. The molecule has 0 aliphatic rings. The van der Waals surface area contributed by atoms with Gasteiger partial charge in [0.1, 0.15) is 0 Å². The van der Waals surface area contributed by atoms with Crippen molar-refractivity contribution in [2.45, 2.75) is 0 Å². The molecule has 6 aromatic carbocycles. The zero-order valence-electron chi connectivity index (χ0n) is 22.7. The summed E-state index contributed by atoms with van der Waals surface area (Å²) in [6.45, 7) is 7.53. The number of hydrogen-bond acceptors (Lipinski definition) is 2. The molecule has 0 bridgehead atoms. The van der Waals surface area contributed by atoms with Crippen molar-refractivity contribution in [1.29, 1.82) is 5.26 Å². The third-order valence-corrected chi connectivity index (χ3v) is 9.74. The Hall–Kier alpha value is -5.88. The summed E-state index contributed by atoms with van der Waals surface area (Å²) < 4.78 is 6.92. The van der Waals surface area contributed by atoms with E-state index >= 15 is 0 Å². The predicted molar refractivity (Wildman–Crippen MR) is 179 cm³/mol. The van der Waals surface area contributed by atoms with E-state index in [9.17, 15) is 5.26 Å². The number of nitrogens with zero attached hydrogens (tertiary/aromatic N) is 4. The predicted octanol–water partition coefficient (Wildman–Crippen LogP) is 10.7. The first kappa shape index (κ1) is 23.8. The maximum atomic E-state index is 10.2. The van der Waals surface area contributed by atoms with Gasteiger partial charge in [-0.25, -0.2) is 4.85 Å². The van der Waals surface area contributed by atoms with Gasteiger partial charge in [0, 0.05) is 37.3 Å². The molecule has 9 rings (SSSR count). The van der Waals surface area contributed by atoms with Crippen LogP contribution >= 0.6 is 11.3 Å². The molecule has 4 nitrogen and oxygen atoms in total. The molecule has 0 spiro atoms. The standard InChI is InChI=1S/C38H20N4S/c1-40-24-14-16-35-29(20-24)28-10-4-5-11-32(28)41(35)25-15-17-37-30(21-25)31-18-23(22-39)19-36(38(31)43-37)42-33-12-6-2-8-26(33)27-9-3-7-13-34(27)42/h2-21H.